The summed E-state index contributed by atoms with van der Waals surface area (Å²) in [7, 11) is 0. The minimum Gasteiger partial charge on any atom is -0.344 e. The lowest BCUT2D eigenvalue weighted by Crippen LogP contribution is -2.33. The van der Waals surface area contributed by atoms with E-state index in [1.807, 2.05) is 35.1 Å². The van der Waals surface area contributed by atoms with Gasteiger partial charge in [0.25, 0.3) is 5.69 Å². The molecule has 1 atom stereocenters. The zero-order chi connectivity index (χ0) is 21.1. The lowest BCUT2D eigenvalue weighted by molar-refractivity contribution is -0.383. The number of pyridine rings is 1. The Morgan fingerprint density at radius 2 is 2.07 bits per heavy atom. The summed E-state index contributed by atoms with van der Waals surface area (Å²) >= 11 is 1.69. The first-order valence-corrected chi connectivity index (χ1v) is 10.8. The molecule has 0 spiro atoms. The van der Waals surface area contributed by atoms with Crippen LogP contribution in [0.2, 0.25) is 0 Å². The SMILES string of the molecule is CSCCC(NC(=O)Cn1ccc2c([N+](=O)[O-])cccc21)c1nnc2ccccn12. The van der Waals surface area contributed by atoms with E-state index in [-0.39, 0.29) is 24.2 Å². The van der Waals surface area contributed by atoms with E-state index in [2.05, 4.69) is 15.5 Å². The van der Waals surface area contributed by atoms with Gasteiger partial charge in [0.15, 0.2) is 11.5 Å². The molecule has 0 radical (unpaired) electrons. The summed E-state index contributed by atoms with van der Waals surface area (Å²) in [5.74, 6) is 1.34. The summed E-state index contributed by atoms with van der Waals surface area (Å²) in [4.78, 5) is 23.7. The van der Waals surface area contributed by atoms with Crippen molar-refractivity contribution in [3.05, 3.63) is 70.8 Å². The second-order valence-electron chi connectivity index (χ2n) is 6.80. The second-order valence-corrected chi connectivity index (χ2v) is 7.78. The number of aromatic nitrogens is 4. The molecule has 0 fully saturated rings. The van der Waals surface area contributed by atoms with Crippen LogP contribution >= 0.6 is 11.8 Å². The van der Waals surface area contributed by atoms with E-state index in [1.54, 1.807) is 40.7 Å². The Morgan fingerprint density at radius 1 is 1.20 bits per heavy atom. The molecular formula is C20H20N6O3S. The van der Waals surface area contributed by atoms with Crippen LogP contribution in [0.4, 0.5) is 5.69 Å². The molecule has 0 aliphatic rings. The molecule has 154 valence electrons. The van der Waals surface area contributed by atoms with Crippen molar-refractivity contribution in [3.8, 4) is 0 Å². The number of nitro benzene ring substituents is 1. The number of rotatable bonds is 8. The zero-order valence-electron chi connectivity index (χ0n) is 16.3. The van der Waals surface area contributed by atoms with Crippen LogP contribution in [0.15, 0.2) is 54.9 Å². The maximum atomic E-state index is 12.8. The molecule has 10 heteroatoms. The summed E-state index contributed by atoms with van der Waals surface area (Å²) in [6.45, 7) is 0.0527. The Balaban J connectivity index is 1.57. The van der Waals surface area contributed by atoms with Crippen molar-refractivity contribution in [1.82, 2.24) is 24.5 Å². The topological polar surface area (TPSA) is 107 Å². The molecule has 4 aromatic rings. The van der Waals surface area contributed by atoms with Crippen molar-refractivity contribution in [2.45, 2.75) is 19.0 Å². The molecule has 1 amide bonds. The van der Waals surface area contributed by atoms with Gasteiger partial charge in [-0.1, -0.05) is 12.1 Å². The maximum absolute atomic E-state index is 12.8. The largest absolute Gasteiger partial charge is 0.344 e. The minimum atomic E-state index is -0.415. The van der Waals surface area contributed by atoms with E-state index in [9.17, 15) is 14.9 Å². The van der Waals surface area contributed by atoms with Crippen molar-refractivity contribution in [2.75, 3.05) is 12.0 Å². The monoisotopic (exact) mass is 424 g/mol. The number of carbonyl (C=O) groups excluding carboxylic acids is 1. The number of non-ortho nitro benzene ring substituents is 1. The predicted molar refractivity (Wildman–Crippen MR) is 115 cm³/mol. The fourth-order valence-electron chi connectivity index (χ4n) is 3.50. The number of hydrogen-bond donors (Lipinski definition) is 1. The Labute approximate surface area is 176 Å². The zero-order valence-corrected chi connectivity index (χ0v) is 17.1. The van der Waals surface area contributed by atoms with Gasteiger partial charge in [0, 0.05) is 18.5 Å². The quantitative estimate of drug-likeness (QED) is 0.344. The summed E-state index contributed by atoms with van der Waals surface area (Å²) in [6, 6.07) is 11.9. The van der Waals surface area contributed by atoms with Gasteiger partial charge < -0.3 is 9.88 Å². The molecule has 1 unspecified atom stereocenters. The van der Waals surface area contributed by atoms with Crippen LogP contribution in [0.1, 0.15) is 18.3 Å². The first kappa shape index (κ1) is 19.9. The third kappa shape index (κ3) is 3.86. The van der Waals surface area contributed by atoms with Crippen LogP contribution in [-0.2, 0) is 11.3 Å². The Kier molecular flexibility index (Phi) is 5.66. The Morgan fingerprint density at radius 3 is 2.87 bits per heavy atom. The van der Waals surface area contributed by atoms with Crippen LogP contribution < -0.4 is 5.32 Å². The molecule has 30 heavy (non-hydrogen) atoms. The highest BCUT2D eigenvalue weighted by Crippen LogP contribution is 2.26. The Hall–Kier alpha value is -3.40. The molecule has 0 saturated carbocycles. The highest BCUT2D eigenvalue weighted by molar-refractivity contribution is 7.98. The summed E-state index contributed by atoms with van der Waals surface area (Å²) < 4.78 is 3.59. The number of nitrogens with zero attached hydrogens (tertiary/aromatic N) is 5. The molecule has 9 nitrogen and oxygen atoms in total. The molecule has 0 aliphatic carbocycles. The van der Waals surface area contributed by atoms with Crippen LogP contribution in [-0.4, -0.2) is 42.0 Å². The number of fused-ring (bicyclic) bond motifs is 2. The smallest absolute Gasteiger partial charge is 0.278 e. The fourth-order valence-corrected chi connectivity index (χ4v) is 3.97. The fraction of sp³-hybridized carbons (Fsp3) is 0.250. The lowest BCUT2D eigenvalue weighted by Gasteiger charge is -2.17. The van der Waals surface area contributed by atoms with Crippen LogP contribution in [0.5, 0.6) is 0 Å². The third-order valence-electron chi connectivity index (χ3n) is 4.90. The molecule has 1 aromatic carbocycles. The van der Waals surface area contributed by atoms with Gasteiger partial charge in [0.1, 0.15) is 6.54 Å². The Bertz CT molecular complexity index is 1220. The summed E-state index contributed by atoms with van der Waals surface area (Å²) in [6.07, 6.45) is 6.29. The average Bonchev–Trinajstić information content (AvgIpc) is 3.35. The second kappa shape index (κ2) is 8.54. The predicted octanol–water partition coefficient (Wildman–Crippen LogP) is 3.20. The van der Waals surface area contributed by atoms with E-state index in [4.69, 9.17) is 0 Å². The van der Waals surface area contributed by atoms with Crippen molar-refractivity contribution >= 4 is 39.9 Å². The van der Waals surface area contributed by atoms with Crippen molar-refractivity contribution in [3.63, 3.8) is 0 Å². The van der Waals surface area contributed by atoms with Crippen molar-refractivity contribution in [1.29, 1.82) is 0 Å². The highest BCUT2D eigenvalue weighted by atomic mass is 32.2. The molecule has 0 saturated heterocycles. The van der Waals surface area contributed by atoms with E-state index < -0.39 is 4.92 Å². The maximum Gasteiger partial charge on any atom is 0.278 e. The number of hydrogen-bond acceptors (Lipinski definition) is 6. The molecule has 1 N–H and O–H groups in total. The number of amides is 1. The summed E-state index contributed by atoms with van der Waals surface area (Å²) in [5, 5.41) is 23.3. The molecule has 0 bridgehead atoms. The molecule has 0 aliphatic heterocycles. The van der Waals surface area contributed by atoms with Crippen LogP contribution in [0, 0.1) is 10.1 Å². The number of thioether (sulfide) groups is 1. The van der Waals surface area contributed by atoms with Gasteiger partial charge in [0.2, 0.25) is 5.91 Å². The van der Waals surface area contributed by atoms with E-state index >= 15 is 0 Å². The van der Waals surface area contributed by atoms with Crippen LogP contribution in [0.3, 0.4) is 0 Å². The van der Waals surface area contributed by atoms with Gasteiger partial charge in [-0.2, -0.15) is 11.8 Å². The van der Waals surface area contributed by atoms with E-state index in [0.29, 0.717) is 23.1 Å². The normalized spacial score (nSPS) is 12.3. The number of nitro groups is 1. The molecular weight excluding hydrogens is 404 g/mol. The first-order valence-electron chi connectivity index (χ1n) is 9.38. The average molecular weight is 424 g/mol. The van der Waals surface area contributed by atoms with Gasteiger partial charge in [0.05, 0.1) is 21.9 Å². The number of nitrogens with one attached hydrogen (secondary N) is 1. The van der Waals surface area contributed by atoms with Gasteiger partial charge in [-0.3, -0.25) is 19.3 Å². The van der Waals surface area contributed by atoms with Gasteiger partial charge in [-0.15, -0.1) is 10.2 Å². The lowest BCUT2D eigenvalue weighted by atomic mass is 10.2. The van der Waals surface area contributed by atoms with Gasteiger partial charge >= 0.3 is 0 Å². The molecule has 3 heterocycles. The van der Waals surface area contributed by atoms with E-state index in [1.165, 1.54) is 6.07 Å². The van der Waals surface area contributed by atoms with Gasteiger partial charge in [-0.25, -0.2) is 0 Å². The van der Waals surface area contributed by atoms with Crippen molar-refractivity contribution < 1.29 is 9.72 Å². The standard InChI is InChI=1S/C20H20N6O3S/c1-30-12-9-15(20-23-22-18-7-2-3-10-25(18)20)21-19(27)13-24-11-8-14-16(24)5-4-6-17(14)26(28)29/h2-8,10-11,15H,9,12-13H2,1H3,(H,21,27). The van der Waals surface area contributed by atoms with E-state index in [0.717, 1.165) is 11.4 Å². The van der Waals surface area contributed by atoms with Crippen molar-refractivity contribution in [2.24, 2.45) is 0 Å². The molecule has 4 rings (SSSR count). The highest BCUT2D eigenvalue weighted by Gasteiger charge is 2.21. The number of benzene rings is 1. The third-order valence-corrected chi connectivity index (χ3v) is 5.54. The van der Waals surface area contributed by atoms with Crippen LogP contribution in [0.25, 0.3) is 16.6 Å². The molecule has 3 aromatic heterocycles. The minimum absolute atomic E-state index is 0.0273. The number of carbonyl (C=O) groups is 1. The first-order chi connectivity index (χ1) is 14.6. The summed E-state index contributed by atoms with van der Waals surface area (Å²) in [5.41, 5.74) is 1.40. The van der Waals surface area contributed by atoms with Gasteiger partial charge in [-0.05, 0) is 42.7 Å².